The van der Waals surface area contributed by atoms with Gasteiger partial charge in [0.05, 0.1) is 18.9 Å². The van der Waals surface area contributed by atoms with Crippen molar-refractivity contribution in [2.45, 2.75) is 33.6 Å². The van der Waals surface area contributed by atoms with E-state index in [-0.39, 0.29) is 36.5 Å². The molecule has 0 N–H and O–H groups in total. The second kappa shape index (κ2) is 8.00. The zero-order valence-corrected chi connectivity index (χ0v) is 13.4. The summed E-state index contributed by atoms with van der Waals surface area (Å²) in [6, 6.07) is 0. The van der Waals surface area contributed by atoms with Crippen LogP contribution in [0.2, 0.25) is 0 Å². The minimum atomic E-state index is -0.305. The lowest BCUT2D eigenvalue weighted by Crippen LogP contribution is -2.36. The summed E-state index contributed by atoms with van der Waals surface area (Å²) < 4.78 is 4.84. The van der Waals surface area contributed by atoms with Gasteiger partial charge in [-0.2, -0.15) is 0 Å². The third-order valence-corrected chi connectivity index (χ3v) is 3.48. The van der Waals surface area contributed by atoms with Crippen molar-refractivity contribution in [3.8, 4) is 0 Å². The van der Waals surface area contributed by atoms with E-state index >= 15 is 0 Å². The van der Waals surface area contributed by atoms with E-state index in [1.807, 2.05) is 13.8 Å². The number of amides is 2. The molecule has 21 heavy (non-hydrogen) atoms. The van der Waals surface area contributed by atoms with Crippen molar-refractivity contribution in [2.75, 3.05) is 33.3 Å². The number of hydrogen-bond acceptors (Lipinski definition) is 4. The van der Waals surface area contributed by atoms with Gasteiger partial charge in [0.15, 0.2) is 0 Å². The first-order valence-electron chi connectivity index (χ1n) is 7.53. The Bertz CT molecular complexity index is 395. The van der Waals surface area contributed by atoms with Crippen LogP contribution < -0.4 is 0 Å². The number of ether oxygens (including phenoxy) is 1. The maximum Gasteiger partial charge on any atom is 0.307 e. The standard InChI is InChI=1S/C15H26N2O4/c1-5-21-14(19)6-7-16(4)15(20)12-8-13(18)17(10-12)9-11(2)3/h11-12H,5-10H2,1-4H3. The molecular weight excluding hydrogens is 272 g/mol. The summed E-state index contributed by atoms with van der Waals surface area (Å²) in [5, 5.41) is 0. The summed E-state index contributed by atoms with van der Waals surface area (Å²) in [5.74, 6) is -0.228. The van der Waals surface area contributed by atoms with Crippen LogP contribution in [0.25, 0.3) is 0 Å². The molecular formula is C15H26N2O4. The van der Waals surface area contributed by atoms with E-state index in [9.17, 15) is 14.4 Å². The van der Waals surface area contributed by atoms with Crippen molar-refractivity contribution < 1.29 is 19.1 Å². The Morgan fingerprint density at radius 1 is 1.43 bits per heavy atom. The molecule has 0 radical (unpaired) electrons. The first kappa shape index (κ1) is 17.5. The third-order valence-electron chi connectivity index (χ3n) is 3.48. The van der Waals surface area contributed by atoms with Crippen LogP contribution >= 0.6 is 0 Å². The largest absolute Gasteiger partial charge is 0.466 e. The number of rotatable bonds is 7. The fourth-order valence-electron chi connectivity index (χ4n) is 2.47. The SMILES string of the molecule is CCOC(=O)CCN(C)C(=O)C1CC(=O)N(CC(C)C)C1. The smallest absolute Gasteiger partial charge is 0.307 e. The van der Waals surface area contributed by atoms with E-state index in [0.29, 0.717) is 32.2 Å². The molecule has 0 saturated carbocycles. The first-order chi connectivity index (χ1) is 9.85. The Kier molecular flexibility index (Phi) is 6.65. The number of carbonyl (C=O) groups is 3. The second-order valence-corrected chi connectivity index (χ2v) is 5.91. The maximum absolute atomic E-state index is 12.3. The number of hydrogen-bond donors (Lipinski definition) is 0. The van der Waals surface area contributed by atoms with Gasteiger partial charge >= 0.3 is 5.97 Å². The average molecular weight is 298 g/mol. The fraction of sp³-hybridized carbons (Fsp3) is 0.800. The summed E-state index contributed by atoms with van der Waals surface area (Å²) in [6.45, 7) is 7.70. The van der Waals surface area contributed by atoms with Crippen LogP contribution in [0.5, 0.6) is 0 Å². The number of carbonyl (C=O) groups excluding carboxylic acids is 3. The highest BCUT2D eigenvalue weighted by molar-refractivity contribution is 5.89. The summed E-state index contributed by atoms with van der Waals surface area (Å²) >= 11 is 0. The molecule has 0 aliphatic carbocycles. The van der Waals surface area contributed by atoms with E-state index in [1.54, 1.807) is 18.9 Å². The monoisotopic (exact) mass is 298 g/mol. The Balaban J connectivity index is 2.44. The number of esters is 1. The minimum Gasteiger partial charge on any atom is -0.466 e. The Hall–Kier alpha value is -1.59. The molecule has 1 aliphatic rings. The lowest BCUT2D eigenvalue weighted by Gasteiger charge is -2.22. The van der Waals surface area contributed by atoms with Gasteiger partial charge < -0.3 is 14.5 Å². The highest BCUT2D eigenvalue weighted by Gasteiger charge is 2.35. The predicted molar refractivity (Wildman–Crippen MR) is 78.4 cm³/mol. The molecule has 0 spiro atoms. The molecule has 1 saturated heterocycles. The van der Waals surface area contributed by atoms with Crippen LogP contribution in [0.3, 0.4) is 0 Å². The molecule has 1 fully saturated rings. The van der Waals surface area contributed by atoms with Crippen LogP contribution in [-0.4, -0.2) is 60.9 Å². The summed E-state index contributed by atoms with van der Waals surface area (Å²) in [6.07, 6.45) is 0.460. The van der Waals surface area contributed by atoms with Crippen LogP contribution in [0.15, 0.2) is 0 Å². The van der Waals surface area contributed by atoms with Crippen LogP contribution in [0, 0.1) is 11.8 Å². The molecule has 120 valence electrons. The Labute approximate surface area is 126 Å². The number of nitrogens with zero attached hydrogens (tertiary/aromatic N) is 2. The van der Waals surface area contributed by atoms with Gasteiger partial charge in [0.25, 0.3) is 0 Å². The van der Waals surface area contributed by atoms with Gasteiger partial charge in [-0.1, -0.05) is 13.8 Å². The lowest BCUT2D eigenvalue weighted by molar-refractivity contribution is -0.144. The maximum atomic E-state index is 12.3. The minimum absolute atomic E-state index is 0.0424. The van der Waals surface area contributed by atoms with Crippen molar-refractivity contribution >= 4 is 17.8 Å². The van der Waals surface area contributed by atoms with Crippen molar-refractivity contribution in [1.29, 1.82) is 0 Å². The normalized spacial score (nSPS) is 18.2. The molecule has 2 amide bonds. The van der Waals surface area contributed by atoms with Crippen LogP contribution in [-0.2, 0) is 19.1 Å². The highest BCUT2D eigenvalue weighted by atomic mass is 16.5. The van der Waals surface area contributed by atoms with Gasteiger partial charge in [0, 0.05) is 33.1 Å². The third kappa shape index (κ3) is 5.36. The Morgan fingerprint density at radius 3 is 2.67 bits per heavy atom. The fourth-order valence-corrected chi connectivity index (χ4v) is 2.47. The predicted octanol–water partition coefficient (Wildman–Crippen LogP) is 0.902. The summed E-state index contributed by atoms with van der Waals surface area (Å²) in [5.41, 5.74) is 0. The molecule has 0 aromatic carbocycles. The lowest BCUT2D eigenvalue weighted by atomic mass is 10.1. The van der Waals surface area contributed by atoms with E-state index in [0.717, 1.165) is 0 Å². The molecule has 1 aliphatic heterocycles. The first-order valence-corrected chi connectivity index (χ1v) is 7.53. The van der Waals surface area contributed by atoms with Gasteiger partial charge in [-0.3, -0.25) is 14.4 Å². The molecule has 0 bridgehead atoms. The zero-order valence-electron chi connectivity index (χ0n) is 13.4. The van der Waals surface area contributed by atoms with E-state index < -0.39 is 0 Å². The molecule has 1 rings (SSSR count). The van der Waals surface area contributed by atoms with Crippen LogP contribution in [0.1, 0.15) is 33.6 Å². The highest BCUT2D eigenvalue weighted by Crippen LogP contribution is 2.20. The summed E-state index contributed by atoms with van der Waals surface area (Å²) in [7, 11) is 1.66. The molecule has 1 heterocycles. The molecule has 1 unspecified atom stereocenters. The molecule has 6 heteroatoms. The van der Waals surface area contributed by atoms with E-state index in [4.69, 9.17) is 4.74 Å². The quantitative estimate of drug-likeness (QED) is 0.655. The van der Waals surface area contributed by atoms with Gasteiger partial charge in [-0.15, -0.1) is 0 Å². The molecule has 1 atom stereocenters. The average Bonchev–Trinajstić information content (AvgIpc) is 2.76. The van der Waals surface area contributed by atoms with Gasteiger partial charge in [-0.25, -0.2) is 0 Å². The van der Waals surface area contributed by atoms with Gasteiger partial charge in [0.2, 0.25) is 11.8 Å². The van der Waals surface area contributed by atoms with E-state index in [1.165, 1.54) is 4.90 Å². The van der Waals surface area contributed by atoms with Gasteiger partial charge in [0.1, 0.15) is 0 Å². The summed E-state index contributed by atoms with van der Waals surface area (Å²) in [4.78, 5) is 38.7. The Morgan fingerprint density at radius 2 is 2.10 bits per heavy atom. The zero-order chi connectivity index (χ0) is 16.0. The topological polar surface area (TPSA) is 66.9 Å². The number of likely N-dealkylation sites (tertiary alicyclic amines) is 1. The molecule has 6 nitrogen and oxygen atoms in total. The molecule has 0 aromatic heterocycles. The van der Waals surface area contributed by atoms with Crippen molar-refractivity contribution in [3.63, 3.8) is 0 Å². The van der Waals surface area contributed by atoms with Crippen molar-refractivity contribution in [2.24, 2.45) is 11.8 Å². The van der Waals surface area contributed by atoms with Crippen LogP contribution in [0.4, 0.5) is 0 Å². The van der Waals surface area contributed by atoms with Crippen molar-refractivity contribution in [3.05, 3.63) is 0 Å². The van der Waals surface area contributed by atoms with E-state index in [2.05, 4.69) is 0 Å². The van der Waals surface area contributed by atoms with Crippen molar-refractivity contribution in [1.82, 2.24) is 9.80 Å². The molecule has 0 aromatic rings. The second-order valence-electron chi connectivity index (χ2n) is 5.91. The van der Waals surface area contributed by atoms with Gasteiger partial charge in [-0.05, 0) is 12.8 Å².